The maximum Gasteiger partial charge on any atom is 0.135 e. The Morgan fingerprint density at radius 3 is 2.45 bits per heavy atom. The monoisotopic (exact) mass is 330 g/mol. The Balaban J connectivity index is 2.03. The van der Waals surface area contributed by atoms with E-state index in [-0.39, 0.29) is 0 Å². The molecule has 0 radical (unpaired) electrons. The van der Waals surface area contributed by atoms with Crippen molar-refractivity contribution in [2.45, 2.75) is 11.8 Å². The molecule has 1 unspecified atom stereocenters. The Morgan fingerprint density at radius 2 is 1.80 bits per heavy atom. The van der Waals surface area contributed by atoms with Crippen molar-refractivity contribution in [3.8, 4) is 17.1 Å². The highest BCUT2D eigenvalue weighted by atomic mass is 79.9. The first-order chi connectivity index (χ1) is 9.67. The van der Waals surface area contributed by atoms with Crippen LogP contribution in [0.15, 0.2) is 52.9 Å². The molecule has 0 saturated carbocycles. The van der Waals surface area contributed by atoms with Crippen LogP contribution >= 0.6 is 15.9 Å². The van der Waals surface area contributed by atoms with Gasteiger partial charge in [-0.25, -0.2) is 0 Å². The molecule has 0 aliphatic heterocycles. The van der Waals surface area contributed by atoms with Crippen LogP contribution in [0.5, 0.6) is 5.75 Å². The first kappa shape index (κ1) is 13.3. The summed E-state index contributed by atoms with van der Waals surface area (Å²) < 4.78 is 11.1. The van der Waals surface area contributed by atoms with Gasteiger partial charge in [0.1, 0.15) is 17.1 Å². The van der Waals surface area contributed by atoms with Crippen LogP contribution in [-0.2, 0) is 0 Å². The number of methoxy groups -OCH3 is 1. The van der Waals surface area contributed by atoms with Gasteiger partial charge in [0.05, 0.1) is 7.11 Å². The predicted octanol–water partition coefficient (Wildman–Crippen LogP) is 5.56. The van der Waals surface area contributed by atoms with Crippen molar-refractivity contribution in [1.29, 1.82) is 0 Å². The van der Waals surface area contributed by atoms with E-state index in [0.29, 0.717) is 4.83 Å². The zero-order chi connectivity index (χ0) is 14.1. The number of furan rings is 1. The lowest BCUT2D eigenvalue weighted by molar-refractivity contribution is 0.415. The maximum atomic E-state index is 5.91. The predicted molar refractivity (Wildman–Crippen MR) is 85.5 cm³/mol. The van der Waals surface area contributed by atoms with Gasteiger partial charge in [0, 0.05) is 15.8 Å². The summed E-state index contributed by atoms with van der Waals surface area (Å²) in [6.45, 7) is 2.12. The fourth-order valence-electron chi connectivity index (χ4n) is 2.21. The molecule has 20 heavy (non-hydrogen) atoms. The number of halogens is 1. The van der Waals surface area contributed by atoms with Gasteiger partial charge in [-0.2, -0.15) is 0 Å². The molecule has 102 valence electrons. The molecule has 0 N–H and O–H groups in total. The lowest BCUT2D eigenvalue weighted by atomic mass is 10.1. The van der Waals surface area contributed by atoms with Crippen LogP contribution in [0, 0.1) is 0 Å². The third-order valence-electron chi connectivity index (χ3n) is 3.37. The van der Waals surface area contributed by atoms with Gasteiger partial charge in [-0.15, -0.1) is 0 Å². The van der Waals surface area contributed by atoms with Crippen LogP contribution in [0.25, 0.3) is 22.3 Å². The Hall–Kier alpha value is -1.74. The number of benzene rings is 2. The molecule has 3 heteroatoms. The molecule has 0 spiro atoms. The summed E-state index contributed by atoms with van der Waals surface area (Å²) in [6, 6.07) is 16.2. The molecule has 3 rings (SSSR count). The highest BCUT2D eigenvalue weighted by Crippen LogP contribution is 2.32. The maximum absolute atomic E-state index is 5.91. The van der Waals surface area contributed by atoms with E-state index in [1.807, 2.05) is 30.3 Å². The van der Waals surface area contributed by atoms with E-state index < -0.39 is 0 Å². The molecule has 0 aliphatic carbocycles. The topological polar surface area (TPSA) is 22.4 Å². The van der Waals surface area contributed by atoms with Crippen LogP contribution in [0.4, 0.5) is 0 Å². The van der Waals surface area contributed by atoms with Gasteiger partial charge in [-0.1, -0.05) is 22.0 Å². The molecular formula is C17H15BrO2. The largest absolute Gasteiger partial charge is 0.497 e. The zero-order valence-electron chi connectivity index (χ0n) is 11.4. The van der Waals surface area contributed by atoms with Gasteiger partial charge >= 0.3 is 0 Å². The molecule has 1 heterocycles. The van der Waals surface area contributed by atoms with Crippen LogP contribution in [0.1, 0.15) is 17.3 Å². The van der Waals surface area contributed by atoms with Crippen molar-refractivity contribution in [2.24, 2.45) is 0 Å². The summed E-state index contributed by atoms with van der Waals surface area (Å²) in [5, 5.41) is 1.12. The Labute approximate surface area is 126 Å². The molecule has 0 amide bonds. The van der Waals surface area contributed by atoms with Gasteiger partial charge in [-0.05, 0) is 55.0 Å². The Morgan fingerprint density at radius 1 is 1.05 bits per heavy atom. The standard InChI is InChI=1S/C17H15BrO2/c1-11(18)13-5-8-16-14(9-13)10-17(20-16)12-3-6-15(19-2)7-4-12/h3-11H,1-2H3. The van der Waals surface area contributed by atoms with Crippen molar-refractivity contribution in [2.75, 3.05) is 7.11 Å². The highest BCUT2D eigenvalue weighted by molar-refractivity contribution is 9.09. The first-order valence-electron chi connectivity index (χ1n) is 6.49. The average molecular weight is 331 g/mol. The molecular weight excluding hydrogens is 316 g/mol. The van der Waals surface area contributed by atoms with Crippen molar-refractivity contribution in [3.63, 3.8) is 0 Å². The van der Waals surface area contributed by atoms with Crippen molar-refractivity contribution in [1.82, 2.24) is 0 Å². The number of hydrogen-bond acceptors (Lipinski definition) is 2. The second-order valence-corrected chi connectivity index (χ2v) is 6.13. The van der Waals surface area contributed by atoms with Gasteiger partial charge in [-0.3, -0.25) is 0 Å². The smallest absolute Gasteiger partial charge is 0.135 e. The molecule has 0 saturated heterocycles. The SMILES string of the molecule is COc1ccc(-c2cc3cc(C(C)Br)ccc3o2)cc1. The van der Waals surface area contributed by atoms with E-state index in [9.17, 15) is 0 Å². The van der Waals surface area contributed by atoms with Crippen LogP contribution in [0.2, 0.25) is 0 Å². The quantitative estimate of drug-likeness (QED) is 0.586. The average Bonchev–Trinajstić information content (AvgIpc) is 2.90. The third kappa shape index (κ3) is 2.46. The fourth-order valence-corrected chi connectivity index (χ4v) is 2.49. The Bertz CT molecular complexity index is 726. The molecule has 2 nitrogen and oxygen atoms in total. The lowest BCUT2D eigenvalue weighted by Gasteiger charge is -2.01. The minimum absolute atomic E-state index is 0.339. The summed E-state index contributed by atoms with van der Waals surface area (Å²) in [6.07, 6.45) is 0. The molecule has 1 aromatic heterocycles. The third-order valence-corrected chi connectivity index (χ3v) is 3.90. The molecule has 1 atom stereocenters. The van der Waals surface area contributed by atoms with Gasteiger partial charge in [0.15, 0.2) is 0 Å². The number of rotatable bonds is 3. The van der Waals surface area contributed by atoms with Gasteiger partial charge in [0.2, 0.25) is 0 Å². The number of fused-ring (bicyclic) bond motifs is 1. The summed E-state index contributed by atoms with van der Waals surface area (Å²) >= 11 is 3.59. The summed E-state index contributed by atoms with van der Waals surface area (Å²) in [4.78, 5) is 0.339. The Kier molecular flexibility index (Phi) is 3.53. The van der Waals surface area contributed by atoms with Gasteiger partial charge in [0.25, 0.3) is 0 Å². The van der Waals surface area contributed by atoms with E-state index >= 15 is 0 Å². The van der Waals surface area contributed by atoms with Crippen molar-refractivity contribution >= 4 is 26.9 Å². The molecule has 0 bridgehead atoms. The van der Waals surface area contributed by atoms with E-state index in [1.165, 1.54) is 5.56 Å². The second-order valence-electron chi connectivity index (χ2n) is 4.75. The number of alkyl halides is 1. The summed E-state index contributed by atoms with van der Waals surface area (Å²) in [5.74, 6) is 1.72. The molecule has 2 aromatic carbocycles. The zero-order valence-corrected chi connectivity index (χ0v) is 13.0. The first-order valence-corrected chi connectivity index (χ1v) is 7.41. The molecule has 3 aromatic rings. The van der Waals surface area contributed by atoms with E-state index in [2.05, 4.69) is 41.1 Å². The minimum atomic E-state index is 0.339. The fraction of sp³-hybridized carbons (Fsp3) is 0.176. The summed E-state index contributed by atoms with van der Waals surface area (Å²) in [5.41, 5.74) is 3.21. The van der Waals surface area contributed by atoms with Crippen molar-refractivity contribution in [3.05, 3.63) is 54.1 Å². The summed E-state index contributed by atoms with van der Waals surface area (Å²) in [7, 11) is 1.67. The number of hydrogen-bond donors (Lipinski definition) is 0. The minimum Gasteiger partial charge on any atom is -0.497 e. The molecule has 0 aliphatic rings. The second kappa shape index (κ2) is 5.33. The van der Waals surface area contributed by atoms with Crippen molar-refractivity contribution < 1.29 is 9.15 Å². The van der Waals surface area contributed by atoms with E-state index in [0.717, 1.165) is 28.0 Å². The highest BCUT2D eigenvalue weighted by Gasteiger charge is 2.08. The lowest BCUT2D eigenvalue weighted by Crippen LogP contribution is -1.81. The van der Waals surface area contributed by atoms with E-state index in [1.54, 1.807) is 7.11 Å². The van der Waals surface area contributed by atoms with Crippen LogP contribution < -0.4 is 4.74 Å². The normalized spacial score (nSPS) is 12.6. The van der Waals surface area contributed by atoms with Crippen LogP contribution in [-0.4, -0.2) is 7.11 Å². The molecule has 0 fully saturated rings. The number of ether oxygens (including phenoxy) is 1. The van der Waals surface area contributed by atoms with Gasteiger partial charge < -0.3 is 9.15 Å². The van der Waals surface area contributed by atoms with E-state index in [4.69, 9.17) is 9.15 Å². The van der Waals surface area contributed by atoms with Crippen LogP contribution in [0.3, 0.4) is 0 Å².